The molecule has 10 heteroatoms. The van der Waals surface area contributed by atoms with Gasteiger partial charge in [-0.15, -0.1) is 0 Å². The van der Waals surface area contributed by atoms with E-state index in [0.29, 0.717) is 17.0 Å². The van der Waals surface area contributed by atoms with Crippen LogP contribution in [0.4, 0.5) is 16.2 Å². The molecule has 0 saturated carbocycles. The predicted molar refractivity (Wildman–Crippen MR) is 141 cm³/mol. The Kier molecular flexibility index (Phi) is 7.69. The van der Waals surface area contributed by atoms with Gasteiger partial charge in [-0.05, 0) is 72.6 Å². The van der Waals surface area contributed by atoms with E-state index >= 15 is 0 Å². The first kappa shape index (κ1) is 25.6. The quantitative estimate of drug-likeness (QED) is 0.239. The fraction of sp³-hybridized carbons (Fsp3) is 0.148. The average Bonchev–Trinajstić information content (AvgIpc) is 3.13. The molecule has 1 heterocycles. The standard InChI is InChI=1S/C27H23N3O6S/c1-17-6-5-8-22(18(17)2)28-25(31)15-29-26(32)24(37-27(29)33)14-20-7-3-4-9-23(20)36-16-19-10-12-21(13-11-19)30(34)35/h3-14H,15-16H2,1-2H3,(H,28,31)/b24-14-. The van der Waals surface area contributed by atoms with Crippen molar-refractivity contribution in [3.8, 4) is 5.75 Å². The highest BCUT2D eigenvalue weighted by Crippen LogP contribution is 2.34. The average molecular weight is 518 g/mol. The van der Waals surface area contributed by atoms with Crippen LogP contribution < -0.4 is 10.1 Å². The lowest BCUT2D eigenvalue weighted by Crippen LogP contribution is -2.36. The number of imide groups is 1. The first-order chi connectivity index (χ1) is 17.7. The number of hydrogen-bond acceptors (Lipinski definition) is 7. The molecule has 4 rings (SSSR count). The van der Waals surface area contributed by atoms with Gasteiger partial charge >= 0.3 is 0 Å². The molecular weight excluding hydrogens is 494 g/mol. The van der Waals surface area contributed by atoms with Gasteiger partial charge in [0.25, 0.3) is 16.8 Å². The van der Waals surface area contributed by atoms with Crippen LogP contribution in [0.3, 0.4) is 0 Å². The molecule has 0 aromatic heterocycles. The molecule has 188 valence electrons. The van der Waals surface area contributed by atoms with Gasteiger partial charge in [0, 0.05) is 23.4 Å². The number of carbonyl (C=O) groups is 3. The van der Waals surface area contributed by atoms with E-state index in [2.05, 4.69) is 5.32 Å². The van der Waals surface area contributed by atoms with Crippen LogP contribution in [0, 0.1) is 24.0 Å². The number of para-hydroxylation sites is 1. The molecule has 1 fully saturated rings. The number of ether oxygens (including phenoxy) is 1. The monoisotopic (exact) mass is 517 g/mol. The number of anilines is 1. The summed E-state index contributed by atoms with van der Waals surface area (Å²) < 4.78 is 5.88. The Hall–Kier alpha value is -4.44. The molecule has 1 aliphatic heterocycles. The van der Waals surface area contributed by atoms with Crippen LogP contribution in [0.5, 0.6) is 5.75 Å². The number of nitro benzene ring substituents is 1. The van der Waals surface area contributed by atoms with Crippen LogP contribution >= 0.6 is 11.8 Å². The number of nitrogens with one attached hydrogen (secondary N) is 1. The van der Waals surface area contributed by atoms with Gasteiger partial charge in [-0.25, -0.2) is 0 Å². The van der Waals surface area contributed by atoms with E-state index in [9.17, 15) is 24.5 Å². The van der Waals surface area contributed by atoms with E-state index in [1.54, 1.807) is 48.5 Å². The van der Waals surface area contributed by atoms with Crippen LogP contribution in [0.15, 0.2) is 71.6 Å². The Labute approximate surface area is 217 Å². The van der Waals surface area contributed by atoms with Gasteiger partial charge in [0.2, 0.25) is 5.91 Å². The molecule has 0 spiro atoms. The molecule has 9 nitrogen and oxygen atoms in total. The lowest BCUT2D eigenvalue weighted by atomic mass is 10.1. The third-order valence-electron chi connectivity index (χ3n) is 5.80. The summed E-state index contributed by atoms with van der Waals surface area (Å²) >= 11 is 0.757. The summed E-state index contributed by atoms with van der Waals surface area (Å²) in [6.07, 6.45) is 1.55. The minimum atomic E-state index is -0.559. The molecule has 0 aliphatic carbocycles. The number of carbonyl (C=O) groups excluding carboxylic acids is 3. The second-order valence-electron chi connectivity index (χ2n) is 8.31. The summed E-state index contributed by atoms with van der Waals surface area (Å²) in [6.45, 7) is 3.57. The maximum Gasteiger partial charge on any atom is 0.294 e. The zero-order valence-corrected chi connectivity index (χ0v) is 20.9. The van der Waals surface area contributed by atoms with Gasteiger partial charge in [0.05, 0.1) is 9.83 Å². The van der Waals surface area contributed by atoms with Gasteiger partial charge in [-0.1, -0.05) is 30.3 Å². The zero-order chi connectivity index (χ0) is 26.5. The second kappa shape index (κ2) is 11.1. The molecule has 0 unspecified atom stereocenters. The molecule has 1 aliphatic rings. The summed E-state index contributed by atoms with van der Waals surface area (Å²) in [4.78, 5) is 49.5. The third-order valence-corrected chi connectivity index (χ3v) is 6.71. The SMILES string of the molecule is Cc1cccc(NC(=O)CN2C(=O)S/C(=C\c3ccccc3OCc3ccc([N+](=O)[O-])cc3)C2=O)c1C. The number of nitrogens with zero attached hydrogens (tertiary/aromatic N) is 2. The van der Waals surface area contributed by atoms with E-state index < -0.39 is 28.5 Å². The number of rotatable bonds is 8. The molecule has 0 radical (unpaired) electrons. The Morgan fingerprint density at radius 2 is 1.78 bits per heavy atom. The van der Waals surface area contributed by atoms with Crippen LogP contribution in [0.25, 0.3) is 6.08 Å². The largest absolute Gasteiger partial charge is 0.488 e. The van der Waals surface area contributed by atoms with Crippen LogP contribution in [-0.2, 0) is 16.2 Å². The Morgan fingerprint density at radius 3 is 2.51 bits per heavy atom. The van der Waals surface area contributed by atoms with Gasteiger partial charge in [-0.2, -0.15) is 0 Å². The maximum absolute atomic E-state index is 12.9. The van der Waals surface area contributed by atoms with Crippen LogP contribution in [-0.4, -0.2) is 33.4 Å². The Bertz CT molecular complexity index is 1420. The van der Waals surface area contributed by atoms with E-state index in [1.807, 2.05) is 26.0 Å². The highest BCUT2D eigenvalue weighted by molar-refractivity contribution is 8.18. The third kappa shape index (κ3) is 6.04. The molecule has 1 N–H and O–H groups in total. The fourth-order valence-electron chi connectivity index (χ4n) is 3.60. The van der Waals surface area contributed by atoms with Crippen molar-refractivity contribution in [1.29, 1.82) is 0 Å². The van der Waals surface area contributed by atoms with Gasteiger partial charge in [-0.3, -0.25) is 29.4 Å². The van der Waals surface area contributed by atoms with Gasteiger partial charge < -0.3 is 10.1 Å². The molecule has 3 amide bonds. The highest BCUT2D eigenvalue weighted by atomic mass is 32.2. The number of thioether (sulfide) groups is 1. The summed E-state index contributed by atoms with van der Waals surface area (Å²) in [5, 5.41) is 13.1. The zero-order valence-electron chi connectivity index (χ0n) is 20.1. The lowest BCUT2D eigenvalue weighted by molar-refractivity contribution is -0.384. The van der Waals surface area contributed by atoms with Crippen molar-refractivity contribution in [2.45, 2.75) is 20.5 Å². The molecular formula is C27H23N3O6S. The number of hydrogen-bond donors (Lipinski definition) is 1. The molecule has 0 bridgehead atoms. The first-order valence-electron chi connectivity index (χ1n) is 11.3. The summed E-state index contributed by atoms with van der Waals surface area (Å²) in [6, 6.07) is 18.5. The lowest BCUT2D eigenvalue weighted by Gasteiger charge is -2.14. The van der Waals surface area contributed by atoms with Crippen LogP contribution in [0.1, 0.15) is 22.3 Å². The topological polar surface area (TPSA) is 119 Å². The Balaban J connectivity index is 1.44. The fourth-order valence-corrected chi connectivity index (χ4v) is 4.43. The first-order valence-corrected chi connectivity index (χ1v) is 12.1. The van der Waals surface area contributed by atoms with E-state index in [-0.39, 0.29) is 17.2 Å². The van der Waals surface area contributed by atoms with Gasteiger partial charge in [0.1, 0.15) is 18.9 Å². The van der Waals surface area contributed by atoms with Crippen molar-refractivity contribution in [3.05, 3.63) is 104 Å². The van der Waals surface area contributed by atoms with Crippen molar-refractivity contribution >= 4 is 46.3 Å². The number of nitro groups is 1. The van der Waals surface area contributed by atoms with Crippen molar-refractivity contribution in [1.82, 2.24) is 4.90 Å². The van der Waals surface area contributed by atoms with Crippen molar-refractivity contribution in [3.63, 3.8) is 0 Å². The number of non-ortho nitro benzene ring substituents is 1. The predicted octanol–water partition coefficient (Wildman–Crippen LogP) is 5.47. The molecule has 37 heavy (non-hydrogen) atoms. The summed E-state index contributed by atoms with van der Waals surface area (Å²) in [5.41, 5.74) is 3.86. The van der Waals surface area contributed by atoms with E-state index in [1.165, 1.54) is 12.1 Å². The normalized spacial score (nSPS) is 14.2. The summed E-state index contributed by atoms with van der Waals surface area (Å²) in [5.74, 6) is -0.555. The molecule has 0 atom stereocenters. The van der Waals surface area contributed by atoms with Crippen molar-refractivity contribution in [2.75, 3.05) is 11.9 Å². The number of amides is 3. The highest BCUT2D eigenvalue weighted by Gasteiger charge is 2.36. The summed E-state index contributed by atoms with van der Waals surface area (Å²) in [7, 11) is 0. The number of aryl methyl sites for hydroxylation is 1. The van der Waals surface area contributed by atoms with E-state index in [0.717, 1.165) is 33.4 Å². The van der Waals surface area contributed by atoms with Crippen LogP contribution in [0.2, 0.25) is 0 Å². The molecule has 3 aromatic rings. The number of benzene rings is 3. The van der Waals surface area contributed by atoms with Gasteiger partial charge in [0.15, 0.2) is 0 Å². The molecule has 3 aromatic carbocycles. The Morgan fingerprint density at radius 1 is 1.05 bits per heavy atom. The van der Waals surface area contributed by atoms with Crippen molar-refractivity contribution in [2.24, 2.45) is 0 Å². The van der Waals surface area contributed by atoms with Crippen molar-refractivity contribution < 1.29 is 24.0 Å². The second-order valence-corrected chi connectivity index (χ2v) is 9.31. The molecule has 1 saturated heterocycles. The smallest absolute Gasteiger partial charge is 0.294 e. The minimum Gasteiger partial charge on any atom is -0.488 e. The minimum absolute atomic E-state index is 0.0115. The van der Waals surface area contributed by atoms with E-state index in [4.69, 9.17) is 4.74 Å². The maximum atomic E-state index is 12.9.